The molecule has 0 bridgehead atoms. The molecule has 2 aliphatic heterocycles. The summed E-state index contributed by atoms with van der Waals surface area (Å²) < 4.78 is 0. The lowest BCUT2D eigenvalue weighted by molar-refractivity contribution is -0.132. The van der Waals surface area contributed by atoms with Crippen LogP contribution >= 0.6 is 11.3 Å². The van der Waals surface area contributed by atoms with Gasteiger partial charge in [0.2, 0.25) is 5.91 Å². The lowest BCUT2D eigenvalue weighted by atomic mass is 10.1. The number of carbonyl (C=O) groups is 2. The van der Waals surface area contributed by atoms with E-state index >= 15 is 0 Å². The second kappa shape index (κ2) is 8.10. The van der Waals surface area contributed by atoms with E-state index < -0.39 is 0 Å². The van der Waals surface area contributed by atoms with Crippen LogP contribution in [0.25, 0.3) is 0 Å². The summed E-state index contributed by atoms with van der Waals surface area (Å²) in [4.78, 5) is 51.0. The highest BCUT2D eigenvalue weighted by molar-refractivity contribution is 7.13. The van der Waals surface area contributed by atoms with Crippen molar-refractivity contribution >= 4 is 23.2 Å². The number of aryl methyl sites for hydroxylation is 1. The lowest BCUT2D eigenvalue weighted by Crippen LogP contribution is -2.40. The van der Waals surface area contributed by atoms with E-state index in [-0.39, 0.29) is 30.0 Å². The van der Waals surface area contributed by atoms with Gasteiger partial charge in [-0.15, -0.1) is 11.3 Å². The van der Waals surface area contributed by atoms with Gasteiger partial charge in [-0.1, -0.05) is 6.92 Å². The predicted molar refractivity (Wildman–Crippen MR) is 111 cm³/mol. The summed E-state index contributed by atoms with van der Waals surface area (Å²) in [6, 6.07) is 3.62. The summed E-state index contributed by atoms with van der Waals surface area (Å²) in [7, 11) is 0. The number of thiophene rings is 1. The van der Waals surface area contributed by atoms with Crippen molar-refractivity contribution in [2.45, 2.75) is 58.5 Å². The molecule has 2 aromatic rings. The molecule has 4 heterocycles. The zero-order chi connectivity index (χ0) is 20.5. The van der Waals surface area contributed by atoms with Crippen LogP contribution in [0.1, 0.15) is 70.3 Å². The molecule has 4 rings (SSSR count). The fourth-order valence-electron chi connectivity index (χ4n) is 4.19. The van der Waals surface area contributed by atoms with Crippen molar-refractivity contribution in [2.75, 3.05) is 13.1 Å². The smallest absolute Gasteiger partial charge is 0.264 e. The van der Waals surface area contributed by atoms with Crippen LogP contribution in [-0.2, 0) is 17.8 Å². The van der Waals surface area contributed by atoms with E-state index in [0.29, 0.717) is 42.2 Å². The first kappa shape index (κ1) is 19.8. The molecular formula is C21H26N4O3S. The van der Waals surface area contributed by atoms with Gasteiger partial charge in [0.15, 0.2) is 0 Å². The number of fused-ring (bicyclic) bond motifs is 1. The Morgan fingerprint density at radius 3 is 2.86 bits per heavy atom. The first-order chi connectivity index (χ1) is 14.0. The molecule has 0 radical (unpaired) electrons. The van der Waals surface area contributed by atoms with Crippen LogP contribution in [0.5, 0.6) is 0 Å². The predicted octanol–water partition coefficient (Wildman–Crippen LogP) is 2.80. The monoisotopic (exact) mass is 414 g/mol. The van der Waals surface area contributed by atoms with Gasteiger partial charge in [-0.3, -0.25) is 14.4 Å². The van der Waals surface area contributed by atoms with Gasteiger partial charge in [-0.05, 0) is 38.3 Å². The zero-order valence-electron chi connectivity index (χ0n) is 16.9. The van der Waals surface area contributed by atoms with E-state index in [1.807, 2.05) is 30.9 Å². The van der Waals surface area contributed by atoms with Gasteiger partial charge >= 0.3 is 0 Å². The van der Waals surface area contributed by atoms with E-state index in [9.17, 15) is 14.4 Å². The second-order valence-corrected chi connectivity index (χ2v) is 9.05. The maximum Gasteiger partial charge on any atom is 0.264 e. The molecule has 0 saturated carbocycles. The average molecular weight is 415 g/mol. The Bertz CT molecular complexity index is 996. The molecule has 1 atom stereocenters. The summed E-state index contributed by atoms with van der Waals surface area (Å²) in [5, 5.41) is 0. The SMILES string of the molecule is CCCC(=O)N1CCC[C@@H]1c1nc2c(c(=O)[nH]1)CN(C(=O)c1ccc(C)s1)CC2. The largest absolute Gasteiger partial charge is 0.333 e. The molecule has 2 aliphatic rings. The molecule has 0 unspecified atom stereocenters. The minimum absolute atomic E-state index is 0.0376. The van der Waals surface area contributed by atoms with Gasteiger partial charge in [0.1, 0.15) is 5.82 Å². The number of aromatic amines is 1. The summed E-state index contributed by atoms with van der Waals surface area (Å²) >= 11 is 1.47. The van der Waals surface area contributed by atoms with Crippen LogP contribution in [0.3, 0.4) is 0 Å². The molecule has 0 aromatic carbocycles. The van der Waals surface area contributed by atoms with E-state index in [1.54, 1.807) is 4.90 Å². The van der Waals surface area contributed by atoms with E-state index in [0.717, 1.165) is 29.8 Å². The van der Waals surface area contributed by atoms with Crippen molar-refractivity contribution in [3.63, 3.8) is 0 Å². The van der Waals surface area contributed by atoms with Crippen molar-refractivity contribution in [1.29, 1.82) is 0 Å². The third-order valence-corrected chi connectivity index (χ3v) is 6.67. The maximum absolute atomic E-state index is 12.8. The molecule has 2 aromatic heterocycles. The summed E-state index contributed by atoms with van der Waals surface area (Å²) in [6.45, 7) is 5.50. The van der Waals surface area contributed by atoms with Crippen LogP contribution in [-0.4, -0.2) is 44.7 Å². The third kappa shape index (κ3) is 3.85. The highest BCUT2D eigenvalue weighted by Crippen LogP contribution is 2.31. The van der Waals surface area contributed by atoms with Crippen molar-refractivity contribution < 1.29 is 9.59 Å². The van der Waals surface area contributed by atoms with Crippen LogP contribution in [0, 0.1) is 6.92 Å². The number of nitrogens with one attached hydrogen (secondary N) is 1. The fourth-order valence-corrected chi connectivity index (χ4v) is 5.02. The number of H-pyrrole nitrogens is 1. The van der Waals surface area contributed by atoms with Crippen molar-refractivity contribution in [1.82, 2.24) is 19.8 Å². The van der Waals surface area contributed by atoms with Crippen molar-refractivity contribution in [3.05, 3.63) is 49.3 Å². The standard InChI is InChI=1S/C21H26N4O3S/c1-3-5-18(26)25-10-4-6-16(25)19-22-15-9-11-24(12-14(15)20(27)23-19)21(28)17-8-7-13(2)29-17/h7-8,16H,3-6,9-12H2,1-2H3,(H,22,23,27)/t16-/m1/s1. The first-order valence-corrected chi connectivity index (χ1v) is 11.1. The summed E-state index contributed by atoms with van der Waals surface area (Å²) in [6.07, 6.45) is 3.62. The second-order valence-electron chi connectivity index (χ2n) is 7.76. The number of amides is 2. The molecular weight excluding hydrogens is 388 g/mol. The molecule has 29 heavy (non-hydrogen) atoms. The Morgan fingerprint density at radius 1 is 1.31 bits per heavy atom. The quantitative estimate of drug-likeness (QED) is 0.834. The minimum atomic E-state index is -0.195. The Balaban J connectivity index is 1.56. The third-order valence-electron chi connectivity index (χ3n) is 5.68. The lowest BCUT2D eigenvalue weighted by Gasteiger charge is -2.29. The summed E-state index contributed by atoms with van der Waals surface area (Å²) in [5.74, 6) is 0.673. The first-order valence-electron chi connectivity index (χ1n) is 10.2. The zero-order valence-corrected chi connectivity index (χ0v) is 17.7. The number of nitrogens with zero attached hydrogens (tertiary/aromatic N) is 3. The van der Waals surface area contributed by atoms with Crippen LogP contribution in [0.15, 0.2) is 16.9 Å². The van der Waals surface area contributed by atoms with Crippen molar-refractivity contribution in [2.24, 2.45) is 0 Å². The highest BCUT2D eigenvalue weighted by Gasteiger charge is 2.33. The number of hydrogen-bond acceptors (Lipinski definition) is 5. The van der Waals surface area contributed by atoms with Gasteiger partial charge in [0.25, 0.3) is 11.5 Å². The van der Waals surface area contributed by atoms with Crippen LogP contribution in [0.4, 0.5) is 0 Å². The van der Waals surface area contributed by atoms with Gasteiger partial charge < -0.3 is 14.8 Å². The fraction of sp³-hybridized carbons (Fsp3) is 0.524. The Morgan fingerprint density at radius 2 is 2.14 bits per heavy atom. The molecule has 0 spiro atoms. The highest BCUT2D eigenvalue weighted by atomic mass is 32.1. The molecule has 2 amide bonds. The number of carbonyl (C=O) groups excluding carboxylic acids is 2. The van der Waals surface area contributed by atoms with Gasteiger partial charge in [0.05, 0.1) is 28.7 Å². The Labute approximate surface area is 173 Å². The van der Waals surface area contributed by atoms with Gasteiger partial charge in [0, 0.05) is 30.8 Å². The Kier molecular flexibility index (Phi) is 5.54. The topological polar surface area (TPSA) is 86.4 Å². The molecule has 1 saturated heterocycles. The van der Waals surface area contributed by atoms with Crippen LogP contribution < -0.4 is 5.56 Å². The van der Waals surface area contributed by atoms with E-state index in [1.165, 1.54) is 11.3 Å². The molecule has 7 nitrogen and oxygen atoms in total. The number of rotatable bonds is 4. The number of likely N-dealkylation sites (tertiary alicyclic amines) is 1. The molecule has 8 heteroatoms. The van der Waals surface area contributed by atoms with E-state index in [4.69, 9.17) is 4.98 Å². The average Bonchev–Trinajstić information content (AvgIpc) is 3.36. The normalized spacial score (nSPS) is 18.8. The summed E-state index contributed by atoms with van der Waals surface area (Å²) in [5.41, 5.74) is 1.12. The van der Waals surface area contributed by atoms with Gasteiger partial charge in [-0.2, -0.15) is 0 Å². The molecule has 1 fully saturated rings. The number of aromatic nitrogens is 2. The van der Waals surface area contributed by atoms with Gasteiger partial charge in [-0.25, -0.2) is 4.98 Å². The molecule has 1 N–H and O–H groups in total. The minimum Gasteiger partial charge on any atom is -0.333 e. The van der Waals surface area contributed by atoms with Crippen LogP contribution in [0.2, 0.25) is 0 Å². The number of hydrogen-bond donors (Lipinski definition) is 1. The van der Waals surface area contributed by atoms with E-state index in [2.05, 4.69) is 4.98 Å². The van der Waals surface area contributed by atoms with Crippen molar-refractivity contribution in [3.8, 4) is 0 Å². The maximum atomic E-state index is 12.8. The molecule has 154 valence electrons. The molecule has 0 aliphatic carbocycles. The Hall–Kier alpha value is -2.48.